The number of carbonyl (C=O) groups excluding carboxylic acids is 1. The number of amides is 1. The molecule has 1 amide bonds. The van der Waals surface area contributed by atoms with Gasteiger partial charge in [-0.1, -0.05) is 56.1 Å². The number of hydrogen-bond donors (Lipinski definition) is 1. The Bertz CT molecular complexity index is 816. The Balaban J connectivity index is 1.73. The molecule has 0 saturated heterocycles. The largest absolute Gasteiger partial charge is 0.308 e. The molecule has 3 rings (SSSR count). The Morgan fingerprint density at radius 2 is 1.57 bits per heavy atom. The SMILES string of the molecule is O=C(Cc1ccc(Br)cc1)Nc1nsnc1-c1ccc(Br)cc1. The van der Waals surface area contributed by atoms with E-state index in [1.807, 2.05) is 48.5 Å². The van der Waals surface area contributed by atoms with Gasteiger partial charge >= 0.3 is 0 Å². The molecule has 0 aliphatic heterocycles. The summed E-state index contributed by atoms with van der Waals surface area (Å²) in [5, 5.41) is 2.84. The molecule has 0 saturated carbocycles. The highest BCUT2D eigenvalue weighted by atomic mass is 79.9. The van der Waals surface area contributed by atoms with Gasteiger partial charge < -0.3 is 5.32 Å². The van der Waals surface area contributed by atoms with Crippen LogP contribution in [0.1, 0.15) is 5.56 Å². The first-order chi connectivity index (χ1) is 11.1. The highest BCUT2D eigenvalue weighted by Gasteiger charge is 2.13. The molecule has 1 heterocycles. The molecule has 0 aliphatic carbocycles. The van der Waals surface area contributed by atoms with Gasteiger partial charge in [0.05, 0.1) is 18.1 Å². The minimum atomic E-state index is -0.113. The Morgan fingerprint density at radius 1 is 0.957 bits per heavy atom. The van der Waals surface area contributed by atoms with Crippen molar-refractivity contribution < 1.29 is 4.79 Å². The normalized spacial score (nSPS) is 10.5. The van der Waals surface area contributed by atoms with Crippen molar-refractivity contribution in [1.82, 2.24) is 8.75 Å². The maximum absolute atomic E-state index is 12.2. The molecule has 0 atom stereocenters. The number of nitrogens with one attached hydrogen (secondary N) is 1. The van der Waals surface area contributed by atoms with E-state index in [2.05, 4.69) is 45.9 Å². The van der Waals surface area contributed by atoms with Crippen LogP contribution in [0, 0.1) is 0 Å². The van der Waals surface area contributed by atoms with Gasteiger partial charge in [-0.05, 0) is 29.8 Å². The molecule has 1 N–H and O–H groups in total. The molecule has 3 aromatic rings. The van der Waals surface area contributed by atoms with Crippen LogP contribution >= 0.6 is 43.6 Å². The van der Waals surface area contributed by atoms with Crippen LogP contribution in [0.25, 0.3) is 11.3 Å². The maximum atomic E-state index is 12.2. The molecule has 0 spiro atoms. The number of rotatable bonds is 4. The number of hydrogen-bond acceptors (Lipinski definition) is 4. The second-order valence-corrected chi connectivity index (χ2v) is 7.18. The van der Waals surface area contributed by atoms with Gasteiger partial charge in [-0.25, -0.2) is 0 Å². The lowest BCUT2D eigenvalue weighted by Crippen LogP contribution is -2.15. The summed E-state index contributed by atoms with van der Waals surface area (Å²) in [6.07, 6.45) is 0.296. The lowest BCUT2D eigenvalue weighted by Gasteiger charge is -2.05. The zero-order chi connectivity index (χ0) is 16.2. The second kappa shape index (κ2) is 7.33. The van der Waals surface area contributed by atoms with E-state index in [9.17, 15) is 4.79 Å². The van der Waals surface area contributed by atoms with Gasteiger partial charge in [0, 0.05) is 14.5 Å². The van der Waals surface area contributed by atoms with Gasteiger partial charge in [-0.3, -0.25) is 4.79 Å². The average Bonchev–Trinajstić information content (AvgIpc) is 2.98. The van der Waals surface area contributed by atoms with E-state index in [0.29, 0.717) is 17.9 Å². The fourth-order valence-corrected chi connectivity index (χ4v) is 3.09. The summed E-state index contributed by atoms with van der Waals surface area (Å²) in [6.45, 7) is 0. The zero-order valence-electron chi connectivity index (χ0n) is 11.8. The summed E-state index contributed by atoms with van der Waals surface area (Å²) >= 11 is 7.87. The van der Waals surface area contributed by atoms with E-state index >= 15 is 0 Å². The van der Waals surface area contributed by atoms with Crippen LogP contribution in [0.4, 0.5) is 5.82 Å². The van der Waals surface area contributed by atoms with E-state index in [1.165, 1.54) is 0 Å². The molecule has 0 radical (unpaired) electrons. The number of nitrogens with zero attached hydrogens (tertiary/aromatic N) is 2. The third kappa shape index (κ3) is 4.25. The molecule has 0 unspecified atom stereocenters. The van der Waals surface area contributed by atoms with Crippen LogP contribution in [0.15, 0.2) is 57.5 Å². The summed E-state index contributed by atoms with van der Waals surface area (Å²) < 4.78 is 10.5. The van der Waals surface area contributed by atoms with E-state index < -0.39 is 0 Å². The van der Waals surface area contributed by atoms with E-state index in [4.69, 9.17) is 0 Å². The Labute approximate surface area is 154 Å². The zero-order valence-corrected chi connectivity index (χ0v) is 15.8. The molecule has 0 aliphatic rings. The van der Waals surface area contributed by atoms with Gasteiger partial charge in [0.1, 0.15) is 5.69 Å². The third-order valence-corrected chi connectivity index (χ3v) is 4.73. The molecule has 0 bridgehead atoms. The van der Waals surface area contributed by atoms with Crippen molar-refractivity contribution in [1.29, 1.82) is 0 Å². The summed E-state index contributed by atoms with van der Waals surface area (Å²) in [6, 6.07) is 15.4. The molecule has 4 nitrogen and oxygen atoms in total. The lowest BCUT2D eigenvalue weighted by molar-refractivity contribution is -0.115. The molecular weight excluding hydrogens is 442 g/mol. The summed E-state index contributed by atoms with van der Waals surface area (Å²) in [4.78, 5) is 12.2. The van der Waals surface area contributed by atoms with E-state index in [-0.39, 0.29) is 5.91 Å². The van der Waals surface area contributed by atoms with Gasteiger partial charge in [0.25, 0.3) is 0 Å². The maximum Gasteiger partial charge on any atom is 0.230 e. The van der Waals surface area contributed by atoms with Crippen molar-refractivity contribution in [3.05, 3.63) is 63.0 Å². The molecule has 7 heteroatoms. The predicted molar refractivity (Wildman–Crippen MR) is 99.5 cm³/mol. The van der Waals surface area contributed by atoms with Crippen LogP contribution in [0.5, 0.6) is 0 Å². The second-order valence-electron chi connectivity index (χ2n) is 4.82. The van der Waals surface area contributed by atoms with Crippen molar-refractivity contribution in [3.8, 4) is 11.3 Å². The Kier molecular flexibility index (Phi) is 5.20. The van der Waals surface area contributed by atoms with Crippen molar-refractivity contribution >= 4 is 55.3 Å². The molecule has 2 aromatic carbocycles. The summed E-state index contributed by atoms with van der Waals surface area (Å²) in [5.41, 5.74) is 2.55. The van der Waals surface area contributed by atoms with Crippen molar-refractivity contribution in [2.75, 3.05) is 5.32 Å². The number of anilines is 1. The molecule has 0 fully saturated rings. The molecule has 116 valence electrons. The minimum absolute atomic E-state index is 0.113. The standard InChI is InChI=1S/C16H11Br2N3OS/c17-12-5-1-10(2-6-12)9-14(22)19-16-15(20-23-21-16)11-3-7-13(18)8-4-11/h1-8H,9H2,(H,19,21,22). The molecule has 23 heavy (non-hydrogen) atoms. The van der Waals surface area contributed by atoms with Gasteiger partial charge in [0.2, 0.25) is 5.91 Å². The van der Waals surface area contributed by atoms with Gasteiger partial charge in [-0.15, -0.1) is 0 Å². The topological polar surface area (TPSA) is 54.9 Å². The highest BCUT2D eigenvalue weighted by Crippen LogP contribution is 2.27. The lowest BCUT2D eigenvalue weighted by atomic mass is 10.1. The smallest absolute Gasteiger partial charge is 0.230 e. The Hall–Kier alpha value is -1.57. The van der Waals surface area contributed by atoms with E-state index in [1.54, 1.807) is 0 Å². The summed E-state index contributed by atoms with van der Waals surface area (Å²) in [5.74, 6) is 0.387. The summed E-state index contributed by atoms with van der Waals surface area (Å²) in [7, 11) is 0. The monoisotopic (exact) mass is 451 g/mol. The van der Waals surface area contributed by atoms with Crippen LogP contribution in [-0.4, -0.2) is 14.7 Å². The number of benzene rings is 2. The average molecular weight is 453 g/mol. The van der Waals surface area contributed by atoms with Crippen molar-refractivity contribution in [2.45, 2.75) is 6.42 Å². The highest BCUT2D eigenvalue weighted by molar-refractivity contribution is 9.10. The van der Waals surface area contributed by atoms with Crippen LogP contribution in [-0.2, 0) is 11.2 Å². The number of carbonyl (C=O) groups is 1. The molecule has 1 aromatic heterocycles. The van der Waals surface area contributed by atoms with Crippen LogP contribution in [0.3, 0.4) is 0 Å². The first-order valence-corrected chi connectivity index (χ1v) is 9.06. The number of aromatic nitrogens is 2. The van der Waals surface area contributed by atoms with Crippen molar-refractivity contribution in [2.24, 2.45) is 0 Å². The van der Waals surface area contributed by atoms with Gasteiger partial charge in [0.15, 0.2) is 5.82 Å². The van der Waals surface area contributed by atoms with Crippen molar-refractivity contribution in [3.63, 3.8) is 0 Å². The van der Waals surface area contributed by atoms with Gasteiger partial charge in [-0.2, -0.15) is 8.75 Å². The molecular formula is C16H11Br2N3OS. The fraction of sp³-hybridized carbons (Fsp3) is 0.0625. The quantitative estimate of drug-likeness (QED) is 0.611. The van der Waals surface area contributed by atoms with E-state index in [0.717, 1.165) is 31.8 Å². The van der Waals surface area contributed by atoms with Crippen LogP contribution in [0.2, 0.25) is 0 Å². The first-order valence-electron chi connectivity index (χ1n) is 6.74. The Morgan fingerprint density at radius 3 is 2.22 bits per heavy atom. The van der Waals surface area contributed by atoms with Crippen LogP contribution < -0.4 is 5.32 Å². The predicted octanol–water partition coefficient (Wildman–Crippen LogP) is 4.91. The third-order valence-electron chi connectivity index (χ3n) is 3.14. The number of halogens is 2. The minimum Gasteiger partial charge on any atom is -0.308 e. The first kappa shape index (κ1) is 16.3. The fourth-order valence-electron chi connectivity index (χ4n) is 2.03.